The zero-order chi connectivity index (χ0) is 10.0. The molecule has 1 N–H and O–H groups in total. The molecule has 0 bridgehead atoms. The molecule has 1 atom stereocenters. The zero-order valence-electron chi connectivity index (χ0n) is 8.54. The summed E-state index contributed by atoms with van der Waals surface area (Å²) in [4.78, 5) is 4.40. The van der Waals surface area contributed by atoms with Crippen LogP contribution in [0, 0.1) is 0 Å². The van der Waals surface area contributed by atoms with Crippen LogP contribution in [0.5, 0.6) is 0 Å². The van der Waals surface area contributed by atoms with Crippen LogP contribution in [0.15, 0.2) is 0 Å². The highest BCUT2D eigenvalue weighted by atomic mass is 32.1. The summed E-state index contributed by atoms with van der Waals surface area (Å²) in [5.74, 6) is 0.826. The maximum absolute atomic E-state index is 5.76. The molecule has 1 aliphatic rings. The van der Waals surface area contributed by atoms with Gasteiger partial charge < -0.3 is 10.1 Å². The fraction of sp³-hybridized carbons (Fsp3) is 0.778. The first-order valence-electron chi connectivity index (χ1n) is 4.90. The fourth-order valence-corrected chi connectivity index (χ4v) is 2.28. The standard InChI is InChI=1S/C9H15N3OS/c1-9(5-3-4-6-13-9)7-11-8(10-2)14-12-7/h3-6H2,1-2H3,(H,10,11,12). The van der Waals surface area contributed by atoms with E-state index in [-0.39, 0.29) is 5.60 Å². The normalized spacial score (nSPS) is 27.6. The van der Waals surface area contributed by atoms with Gasteiger partial charge in [0.15, 0.2) is 5.82 Å². The van der Waals surface area contributed by atoms with Gasteiger partial charge in [-0.1, -0.05) is 0 Å². The van der Waals surface area contributed by atoms with Gasteiger partial charge in [-0.25, -0.2) is 4.98 Å². The Morgan fingerprint density at radius 2 is 2.36 bits per heavy atom. The van der Waals surface area contributed by atoms with Crippen molar-refractivity contribution in [2.24, 2.45) is 0 Å². The molecule has 1 fully saturated rings. The number of nitrogens with one attached hydrogen (secondary N) is 1. The average molecular weight is 213 g/mol. The molecule has 78 valence electrons. The predicted molar refractivity (Wildman–Crippen MR) is 56.6 cm³/mol. The predicted octanol–water partition coefficient (Wildman–Crippen LogP) is 2.00. The Balaban J connectivity index is 2.19. The molecular weight excluding hydrogens is 198 g/mol. The molecule has 0 aliphatic carbocycles. The van der Waals surface area contributed by atoms with Gasteiger partial charge in [0, 0.05) is 25.2 Å². The Bertz CT molecular complexity index is 307. The number of ether oxygens (including phenoxy) is 1. The molecule has 0 saturated carbocycles. The van der Waals surface area contributed by atoms with Crippen molar-refractivity contribution in [2.45, 2.75) is 31.8 Å². The molecule has 0 amide bonds. The van der Waals surface area contributed by atoms with Gasteiger partial charge in [-0.15, -0.1) is 0 Å². The van der Waals surface area contributed by atoms with E-state index in [1.54, 1.807) is 0 Å². The molecule has 1 aromatic heterocycles. The van der Waals surface area contributed by atoms with E-state index in [9.17, 15) is 0 Å². The number of aromatic nitrogens is 2. The summed E-state index contributed by atoms with van der Waals surface area (Å²) < 4.78 is 10.1. The highest BCUT2D eigenvalue weighted by Crippen LogP contribution is 2.33. The number of hydrogen-bond acceptors (Lipinski definition) is 5. The first-order chi connectivity index (χ1) is 6.74. The third kappa shape index (κ3) is 1.74. The lowest BCUT2D eigenvalue weighted by Gasteiger charge is -2.31. The molecule has 1 unspecified atom stereocenters. The molecule has 1 aliphatic heterocycles. The summed E-state index contributed by atoms with van der Waals surface area (Å²) in [5.41, 5.74) is -0.260. The van der Waals surface area contributed by atoms with Gasteiger partial charge in [-0.3, -0.25) is 0 Å². The number of rotatable bonds is 2. The van der Waals surface area contributed by atoms with Crippen LogP contribution in [-0.2, 0) is 10.3 Å². The van der Waals surface area contributed by atoms with Crippen molar-refractivity contribution >= 4 is 16.7 Å². The van der Waals surface area contributed by atoms with E-state index in [4.69, 9.17) is 4.74 Å². The summed E-state index contributed by atoms with van der Waals surface area (Å²) >= 11 is 1.39. The minimum Gasteiger partial charge on any atom is -0.367 e. The smallest absolute Gasteiger partial charge is 0.202 e. The van der Waals surface area contributed by atoms with Gasteiger partial charge in [0.05, 0.1) is 0 Å². The van der Waals surface area contributed by atoms with E-state index in [1.807, 2.05) is 7.05 Å². The number of hydrogen-bond donors (Lipinski definition) is 1. The average Bonchev–Trinajstić information content (AvgIpc) is 2.67. The number of anilines is 1. The molecule has 5 heteroatoms. The second-order valence-electron chi connectivity index (χ2n) is 3.71. The Morgan fingerprint density at radius 1 is 1.50 bits per heavy atom. The van der Waals surface area contributed by atoms with Gasteiger partial charge in [-0.2, -0.15) is 4.37 Å². The third-order valence-corrected chi connectivity index (χ3v) is 3.31. The lowest BCUT2D eigenvalue weighted by molar-refractivity contribution is -0.0752. The molecule has 4 nitrogen and oxygen atoms in total. The topological polar surface area (TPSA) is 47.0 Å². The summed E-state index contributed by atoms with van der Waals surface area (Å²) in [6, 6.07) is 0. The molecule has 1 aromatic rings. The van der Waals surface area contributed by atoms with Crippen LogP contribution >= 0.6 is 11.5 Å². The van der Waals surface area contributed by atoms with Crippen molar-refractivity contribution in [3.05, 3.63) is 5.82 Å². The van der Waals surface area contributed by atoms with E-state index in [2.05, 4.69) is 21.6 Å². The van der Waals surface area contributed by atoms with Crippen LogP contribution < -0.4 is 5.32 Å². The Kier molecular flexibility index (Phi) is 2.69. The van der Waals surface area contributed by atoms with Crippen LogP contribution in [0.1, 0.15) is 32.0 Å². The highest BCUT2D eigenvalue weighted by Gasteiger charge is 2.33. The van der Waals surface area contributed by atoms with Gasteiger partial charge >= 0.3 is 0 Å². The quantitative estimate of drug-likeness (QED) is 0.816. The number of nitrogens with zero attached hydrogens (tertiary/aromatic N) is 2. The van der Waals surface area contributed by atoms with E-state index in [0.29, 0.717) is 0 Å². The van der Waals surface area contributed by atoms with E-state index in [0.717, 1.165) is 30.4 Å². The second-order valence-corrected chi connectivity index (χ2v) is 4.46. The van der Waals surface area contributed by atoms with E-state index < -0.39 is 0 Å². The van der Waals surface area contributed by atoms with Crippen LogP contribution in [0.25, 0.3) is 0 Å². The minimum absolute atomic E-state index is 0.260. The monoisotopic (exact) mass is 213 g/mol. The lowest BCUT2D eigenvalue weighted by Crippen LogP contribution is -2.31. The van der Waals surface area contributed by atoms with Crippen LogP contribution in [0.4, 0.5) is 5.13 Å². The maximum Gasteiger partial charge on any atom is 0.202 e. The first kappa shape index (κ1) is 9.86. The summed E-state index contributed by atoms with van der Waals surface area (Å²) in [5, 5.41) is 3.85. The lowest BCUT2D eigenvalue weighted by atomic mass is 9.95. The molecular formula is C9H15N3OS. The van der Waals surface area contributed by atoms with Crippen molar-refractivity contribution < 1.29 is 4.74 Å². The van der Waals surface area contributed by atoms with Gasteiger partial charge in [-0.05, 0) is 26.2 Å². The fourth-order valence-electron chi connectivity index (χ4n) is 1.65. The van der Waals surface area contributed by atoms with Crippen molar-refractivity contribution in [3.8, 4) is 0 Å². The van der Waals surface area contributed by atoms with Crippen molar-refractivity contribution in [3.63, 3.8) is 0 Å². The highest BCUT2D eigenvalue weighted by molar-refractivity contribution is 7.09. The Hall–Kier alpha value is -0.680. The Morgan fingerprint density at radius 3 is 2.93 bits per heavy atom. The van der Waals surface area contributed by atoms with Crippen LogP contribution in [0.3, 0.4) is 0 Å². The van der Waals surface area contributed by atoms with Crippen molar-refractivity contribution in [1.82, 2.24) is 9.36 Å². The SMILES string of the molecule is CNc1nc(C2(C)CCCCO2)ns1. The second kappa shape index (κ2) is 3.82. The van der Waals surface area contributed by atoms with E-state index >= 15 is 0 Å². The summed E-state index contributed by atoms with van der Waals surface area (Å²) in [6.07, 6.45) is 3.37. The van der Waals surface area contributed by atoms with Crippen molar-refractivity contribution in [1.29, 1.82) is 0 Å². The maximum atomic E-state index is 5.76. The van der Waals surface area contributed by atoms with Gasteiger partial charge in [0.1, 0.15) is 5.60 Å². The minimum atomic E-state index is -0.260. The van der Waals surface area contributed by atoms with Crippen LogP contribution in [-0.4, -0.2) is 23.0 Å². The zero-order valence-corrected chi connectivity index (χ0v) is 9.36. The summed E-state index contributed by atoms with van der Waals surface area (Å²) in [7, 11) is 1.86. The molecule has 0 aromatic carbocycles. The molecule has 2 heterocycles. The van der Waals surface area contributed by atoms with Crippen molar-refractivity contribution in [2.75, 3.05) is 19.0 Å². The molecule has 0 radical (unpaired) electrons. The van der Waals surface area contributed by atoms with Crippen LogP contribution in [0.2, 0.25) is 0 Å². The molecule has 1 saturated heterocycles. The first-order valence-corrected chi connectivity index (χ1v) is 5.68. The molecule has 0 spiro atoms. The van der Waals surface area contributed by atoms with Gasteiger partial charge in [0.25, 0.3) is 0 Å². The summed E-state index contributed by atoms with van der Waals surface area (Å²) in [6.45, 7) is 2.90. The largest absolute Gasteiger partial charge is 0.367 e. The molecule has 14 heavy (non-hydrogen) atoms. The molecule has 2 rings (SSSR count). The van der Waals surface area contributed by atoms with E-state index in [1.165, 1.54) is 18.0 Å². The third-order valence-electron chi connectivity index (χ3n) is 2.58. The van der Waals surface area contributed by atoms with Gasteiger partial charge in [0.2, 0.25) is 5.13 Å². The Labute approximate surface area is 87.9 Å².